The van der Waals surface area contributed by atoms with E-state index in [0.29, 0.717) is 18.4 Å². The van der Waals surface area contributed by atoms with Crippen molar-refractivity contribution >= 4 is 17.7 Å². The first kappa shape index (κ1) is 11.2. The first-order valence-corrected chi connectivity index (χ1v) is 5.76. The van der Waals surface area contributed by atoms with Crippen LogP contribution in [-0.4, -0.2) is 44.8 Å². The number of carboxylic acid groups (broad SMARTS) is 1. The molecule has 7 nitrogen and oxygen atoms in total. The molecule has 1 saturated heterocycles. The highest BCUT2D eigenvalue weighted by molar-refractivity contribution is 7.99. The molecule has 0 amide bonds. The Bertz CT molecular complexity index is 435. The fraction of sp³-hybridized carbons (Fsp3) is 0.625. The Hall–Kier alpha value is -1.28. The molecular weight excluding hydrogens is 234 g/mol. The van der Waals surface area contributed by atoms with E-state index in [1.807, 2.05) is 0 Å². The Morgan fingerprint density at radius 3 is 3.19 bits per heavy atom. The zero-order chi connectivity index (χ0) is 11.5. The molecule has 0 aromatic carbocycles. The number of aromatic nitrogens is 3. The highest BCUT2D eigenvalue weighted by Gasteiger charge is 2.23. The lowest BCUT2D eigenvalue weighted by molar-refractivity contribution is -0.133. The van der Waals surface area contributed by atoms with Crippen LogP contribution < -0.4 is 5.69 Å². The second-order valence-corrected chi connectivity index (χ2v) is 4.32. The number of aromatic amines is 1. The highest BCUT2D eigenvalue weighted by atomic mass is 32.2. The maximum Gasteiger partial charge on any atom is 0.344 e. The van der Waals surface area contributed by atoms with Crippen molar-refractivity contribution in [1.29, 1.82) is 0 Å². The van der Waals surface area contributed by atoms with Crippen molar-refractivity contribution in [3.8, 4) is 0 Å². The average Bonchev–Trinajstić information content (AvgIpc) is 2.83. The Labute approximate surface area is 94.8 Å². The molecule has 2 heterocycles. The summed E-state index contributed by atoms with van der Waals surface area (Å²) in [6, 6.07) is -0.0393. The molecule has 1 aromatic heterocycles. The first-order chi connectivity index (χ1) is 7.68. The Morgan fingerprint density at radius 2 is 2.56 bits per heavy atom. The first-order valence-electron chi connectivity index (χ1n) is 4.77. The van der Waals surface area contributed by atoms with E-state index in [1.54, 1.807) is 0 Å². The Kier molecular flexibility index (Phi) is 3.30. The molecule has 2 N–H and O–H groups in total. The molecule has 2 rings (SSSR count). The number of nitrogens with one attached hydrogen (secondary N) is 1. The summed E-state index contributed by atoms with van der Waals surface area (Å²) in [7, 11) is 0. The summed E-state index contributed by atoms with van der Waals surface area (Å²) in [5.74, 6) is -1.05. The van der Waals surface area contributed by atoms with Gasteiger partial charge in [0.2, 0.25) is 0 Å². The number of nitrogens with zero attached hydrogens (tertiary/aromatic N) is 2. The van der Waals surface area contributed by atoms with Gasteiger partial charge >= 0.3 is 11.7 Å². The van der Waals surface area contributed by atoms with Crippen LogP contribution in [0.2, 0.25) is 0 Å². The molecule has 1 fully saturated rings. The van der Waals surface area contributed by atoms with Gasteiger partial charge in [-0.1, -0.05) is 11.8 Å². The number of ether oxygens (including phenoxy) is 1. The van der Waals surface area contributed by atoms with E-state index in [2.05, 4.69) is 10.2 Å². The van der Waals surface area contributed by atoms with Gasteiger partial charge in [-0.25, -0.2) is 9.89 Å². The minimum absolute atomic E-state index is 0.0393. The molecule has 0 radical (unpaired) electrons. The predicted molar refractivity (Wildman–Crippen MR) is 55.7 cm³/mol. The molecular formula is C8H11N3O4S. The van der Waals surface area contributed by atoms with Gasteiger partial charge < -0.3 is 9.84 Å². The van der Waals surface area contributed by atoms with Crippen molar-refractivity contribution in [2.45, 2.75) is 17.6 Å². The molecule has 88 valence electrons. The maximum absolute atomic E-state index is 11.5. The number of rotatable bonds is 4. The average molecular weight is 245 g/mol. The van der Waals surface area contributed by atoms with Crippen LogP contribution in [0.15, 0.2) is 9.95 Å². The van der Waals surface area contributed by atoms with Crippen molar-refractivity contribution in [3.05, 3.63) is 10.5 Å². The number of H-pyrrole nitrogens is 1. The van der Waals surface area contributed by atoms with E-state index >= 15 is 0 Å². The number of carbonyl (C=O) groups is 1. The topological polar surface area (TPSA) is 97.2 Å². The van der Waals surface area contributed by atoms with Crippen LogP contribution in [0.3, 0.4) is 0 Å². The number of hydrogen-bond acceptors (Lipinski definition) is 5. The number of carboxylic acids is 1. The minimum Gasteiger partial charge on any atom is -0.481 e. The van der Waals surface area contributed by atoms with Crippen molar-refractivity contribution in [1.82, 2.24) is 14.8 Å². The summed E-state index contributed by atoms with van der Waals surface area (Å²) in [6.07, 6.45) is 0.750. The normalized spacial score (nSPS) is 20.1. The molecule has 1 aliphatic heterocycles. The van der Waals surface area contributed by atoms with Gasteiger partial charge in [0.1, 0.15) is 0 Å². The summed E-state index contributed by atoms with van der Waals surface area (Å²) < 4.78 is 6.66. The monoisotopic (exact) mass is 245 g/mol. The molecule has 16 heavy (non-hydrogen) atoms. The van der Waals surface area contributed by atoms with E-state index in [-0.39, 0.29) is 17.5 Å². The maximum atomic E-state index is 11.5. The van der Waals surface area contributed by atoms with Crippen molar-refractivity contribution < 1.29 is 14.6 Å². The van der Waals surface area contributed by atoms with Crippen LogP contribution in [0.4, 0.5) is 0 Å². The van der Waals surface area contributed by atoms with Crippen LogP contribution in [0.1, 0.15) is 12.5 Å². The lowest BCUT2D eigenvalue weighted by Crippen LogP contribution is -2.23. The third kappa shape index (κ3) is 2.27. The summed E-state index contributed by atoms with van der Waals surface area (Å²) in [5, 5.41) is 15.1. The van der Waals surface area contributed by atoms with Crippen molar-refractivity contribution in [2.75, 3.05) is 19.0 Å². The zero-order valence-corrected chi connectivity index (χ0v) is 9.20. The third-order valence-electron chi connectivity index (χ3n) is 2.27. The van der Waals surface area contributed by atoms with Gasteiger partial charge in [0.15, 0.2) is 5.16 Å². The standard InChI is InChI=1S/C8H11N3O4S/c12-6(13)4-16-8-10-9-7(14)11(8)5-1-2-15-3-5/h5H,1-4H2,(H,9,14)(H,12,13). The van der Waals surface area contributed by atoms with Gasteiger partial charge in [-0.2, -0.15) is 0 Å². The van der Waals surface area contributed by atoms with Crippen LogP contribution in [-0.2, 0) is 9.53 Å². The third-order valence-corrected chi connectivity index (χ3v) is 3.21. The summed E-state index contributed by atoms with van der Waals surface area (Å²) >= 11 is 1.03. The lowest BCUT2D eigenvalue weighted by atomic mass is 10.3. The van der Waals surface area contributed by atoms with Gasteiger partial charge in [-0.05, 0) is 6.42 Å². The van der Waals surface area contributed by atoms with Gasteiger partial charge in [0.05, 0.1) is 18.4 Å². The van der Waals surface area contributed by atoms with Crippen LogP contribution in [0.25, 0.3) is 0 Å². The molecule has 1 atom stereocenters. The molecule has 0 spiro atoms. The van der Waals surface area contributed by atoms with E-state index in [0.717, 1.165) is 18.2 Å². The number of thioether (sulfide) groups is 1. The fourth-order valence-corrected chi connectivity index (χ4v) is 2.30. The molecule has 0 saturated carbocycles. The molecule has 1 aliphatic rings. The van der Waals surface area contributed by atoms with Gasteiger partial charge in [0.25, 0.3) is 0 Å². The molecule has 0 bridgehead atoms. The molecule has 1 aromatic rings. The van der Waals surface area contributed by atoms with Crippen LogP contribution >= 0.6 is 11.8 Å². The number of hydrogen-bond donors (Lipinski definition) is 2. The lowest BCUT2D eigenvalue weighted by Gasteiger charge is -2.09. The van der Waals surface area contributed by atoms with E-state index in [1.165, 1.54) is 4.57 Å². The smallest absolute Gasteiger partial charge is 0.344 e. The molecule has 1 unspecified atom stereocenters. The molecule has 8 heteroatoms. The van der Waals surface area contributed by atoms with Gasteiger partial charge in [-0.15, -0.1) is 5.10 Å². The van der Waals surface area contributed by atoms with E-state index in [9.17, 15) is 9.59 Å². The van der Waals surface area contributed by atoms with Crippen molar-refractivity contribution in [3.63, 3.8) is 0 Å². The zero-order valence-electron chi connectivity index (χ0n) is 8.38. The summed E-state index contributed by atoms with van der Waals surface area (Å²) in [5.41, 5.74) is -0.316. The van der Waals surface area contributed by atoms with Gasteiger partial charge in [-0.3, -0.25) is 9.36 Å². The minimum atomic E-state index is -0.935. The quantitative estimate of drug-likeness (QED) is 0.707. The van der Waals surface area contributed by atoms with Crippen LogP contribution in [0.5, 0.6) is 0 Å². The van der Waals surface area contributed by atoms with Crippen LogP contribution in [0, 0.1) is 0 Å². The Morgan fingerprint density at radius 1 is 1.75 bits per heavy atom. The molecule has 0 aliphatic carbocycles. The summed E-state index contributed by atoms with van der Waals surface area (Å²) in [6.45, 7) is 1.09. The summed E-state index contributed by atoms with van der Waals surface area (Å²) in [4.78, 5) is 21.9. The fourth-order valence-electron chi connectivity index (χ4n) is 1.57. The van der Waals surface area contributed by atoms with Gasteiger partial charge in [0, 0.05) is 6.61 Å². The van der Waals surface area contributed by atoms with E-state index < -0.39 is 5.97 Å². The second-order valence-electron chi connectivity index (χ2n) is 3.38. The Balaban J connectivity index is 2.18. The SMILES string of the molecule is O=C(O)CSc1n[nH]c(=O)n1C1CCOC1. The predicted octanol–water partition coefficient (Wildman–Crippen LogP) is -0.290. The highest BCUT2D eigenvalue weighted by Crippen LogP contribution is 2.22. The van der Waals surface area contributed by atoms with Crippen molar-refractivity contribution in [2.24, 2.45) is 0 Å². The number of aliphatic carboxylic acids is 1. The van der Waals surface area contributed by atoms with E-state index in [4.69, 9.17) is 9.84 Å². The second kappa shape index (κ2) is 4.71. The largest absolute Gasteiger partial charge is 0.481 e.